The third-order valence-corrected chi connectivity index (χ3v) is 4.58. The fourth-order valence-corrected chi connectivity index (χ4v) is 1.90. The number of carbonyl (C=O) groups excluding carboxylic acids is 1. The van der Waals surface area contributed by atoms with Crippen LogP contribution in [0, 0.1) is 5.92 Å². The molecular formula is C7H13BrN2O3S. The maximum Gasteiger partial charge on any atom is 0.223 e. The van der Waals surface area contributed by atoms with E-state index in [4.69, 9.17) is 0 Å². The molecule has 1 amide bonds. The van der Waals surface area contributed by atoms with Crippen LogP contribution in [0.3, 0.4) is 0 Å². The molecule has 0 aromatic carbocycles. The van der Waals surface area contributed by atoms with Gasteiger partial charge in [-0.1, -0.05) is 15.9 Å². The zero-order chi connectivity index (χ0) is 10.6. The van der Waals surface area contributed by atoms with E-state index in [0.29, 0.717) is 6.54 Å². The molecule has 0 aromatic rings. The summed E-state index contributed by atoms with van der Waals surface area (Å²) in [6.07, 6.45) is 1.91. The standard InChI is InChI=1S/C7H13BrN2O3S/c8-5-14(12,13)10-4-3-9-7(11)6-1-2-6/h6,10H,1-5H2,(H,9,11). The van der Waals surface area contributed by atoms with Gasteiger partial charge in [-0.2, -0.15) is 0 Å². The summed E-state index contributed by atoms with van der Waals surface area (Å²) in [6.45, 7) is 0.591. The Morgan fingerprint density at radius 2 is 2.00 bits per heavy atom. The average Bonchev–Trinajstić information content (AvgIpc) is 2.95. The van der Waals surface area contributed by atoms with E-state index in [9.17, 15) is 13.2 Å². The first-order chi connectivity index (χ1) is 6.55. The minimum Gasteiger partial charge on any atom is -0.355 e. The van der Waals surface area contributed by atoms with Crippen molar-refractivity contribution in [3.63, 3.8) is 0 Å². The Hall–Kier alpha value is -0.140. The highest BCUT2D eigenvalue weighted by molar-refractivity contribution is 9.10. The number of carbonyl (C=O) groups is 1. The minimum absolute atomic E-state index is 0.0306. The number of hydrogen-bond acceptors (Lipinski definition) is 3. The van der Waals surface area contributed by atoms with Crippen molar-refractivity contribution < 1.29 is 13.2 Å². The molecule has 2 N–H and O–H groups in total. The topological polar surface area (TPSA) is 75.3 Å². The monoisotopic (exact) mass is 284 g/mol. The van der Waals surface area contributed by atoms with Gasteiger partial charge in [0.2, 0.25) is 15.9 Å². The van der Waals surface area contributed by atoms with Gasteiger partial charge in [0.15, 0.2) is 0 Å². The quantitative estimate of drug-likeness (QED) is 0.523. The van der Waals surface area contributed by atoms with E-state index >= 15 is 0 Å². The molecule has 0 spiro atoms. The molecule has 1 aliphatic rings. The van der Waals surface area contributed by atoms with E-state index in [1.165, 1.54) is 0 Å². The van der Waals surface area contributed by atoms with Crippen molar-refractivity contribution in [3.05, 3.63) is 0 Å². The normalized spacial score (nSPS) is 16.6. The molecule has 0 saturated heterocycles. The molecule has 1 aliphatic carbocycles. The van der Waals surface area contributed by atoms with Gasteiger partial charge in [-0.05, 0) is 12.8 Å². The first-order valence-corrected chi connectivity index (χ1v) is 7.13. The maximum atomic E-state index is 11.1. The zero-order valence-corrected chi connectivity index (χ0v) is 10.0. The van der Waals surface area contributed by atoms with E-state index in [-0.39, 0.29) is 23.0 Å². The van der Waals surface area contributed by atoms with E-state index in [2.05, 4.69) is 26.0 Å². The van der Waals surface area contributed by atoms with Crippen molar-refractivity contribution in [2.24, 2.45) is 5.92 Å². The lowest BCUT2D eigenvalue weighted by atomic mass is 10.4. The van der Waals surface area contributed by atoms with Gasteiger partial charge in [0.05, 0.1) is 0 Å². The van der Waals surface area contributed by atoms with Crippen molar-refractivity contribution in [1.29, 1.82) is 0 Å². The highest BCUT2D eigenvalue weighted by Gasteiger charge is 2.28. The van der Waals surface area contributed by atoms with Crippen LogP contribution in [0.5, 0.6) is 0 Å². The molecule has 0 heterocycles. The SMILES string of the molecule is O=C(NCCNS(=O)(=O)CBr)C1CC1. The van der Waals surface area contributed by atoms with Crippen LogP contribution in [0.2, 0.25) is 0 Å². The molecular weight excluding hydrogens is 272 g/mol. The van der Waals surface area contributed by atoms with Crippen LogP contribution in [-0.4, -0.2) is 32.1 Å². The molecule has 1 rings (SSSR count). The Morgan fingerprint density at radius 1 is 1.36 bits per heavy atom. The van der Waals surface area contributed by atoms with Crippen LogP contribution < -0.4 is 10.0 Å². The van der Waals surface area contributed by atoms with Gasteiger partial charge < -0.3 is 5.32 Å². The van der Waals surface area contributed by atoms with Crippen LogP contribution >= 0.6 is 15.9 Å². The minimum atomic E-state index is -3.21. The van der Waals surface area contributed by atoms with E-state index in [1.54, 1.807) is 0 Å². The van der Waals surface area contributed by atoms with Crippen LogP contribution in [0.15, 0.2) is 0 Å². The molecule has 14 heavy (non-hydrogen) atoms. The molecule has 1 fully saturated rings. The van der Waals surface area contributed by atoms with Crippen LogP contribution in [0.4, 0.5) is 0 Å². The molecule has 5 nitrogen and oxygen atoms in total. The molecule has 1 saturated carbocycles. The number of alkyl halides is 1. The number of nitrogens with one attached hydrogen (secondary N) is 2. The van der Waals surface area contributed by atoms with Crippen molar-refractivity contribution in [2.45, 2.75) is 12.8 Å². The molecule has 0 unspecified atom stereocenters. The number of sulfonamides is 1. The van der Waals surface area contributed by atoms with Crippen molar-refractivity contribution in [3.8, 4) is 0 Å². The fraction of sp³-hybridized carbons (Fsp3) is 0.857. The van der Waals surface area contributed by atoms with Crippen LogP contribution in [-0.2, 0) is 14.8 Å². The third-order valence-electron chi connectivity index (χ3n) is 1.84. The van der Waals surface area contributed by atoms with Gasteiger partial charge in [0.1, 0.15) is 4.66 Å². The second-order valence-corrected chi connectivity index (χ2v) is 6.29. The van der Waals surface area contributed by atoms with Gasteiger partial charge in [0, 0.05) is 19.0 Å². The Labute approximate surface area is 91.8 Å². The average molecular weight is 285 g/mol. The predicted molar refractivity (Wildman–Crippen MR) is 56.5 cm³/mol. The van der Waals surface area contributed by atoms with Gasteiger partial charge >= 0.3 is 0 Å². The molecule has 82 valence electrons. The summed E-state index contributed by atoms with van der Waals surface area (Å²) in [7, 11) is -3.21. The lowest BCUT2D eigenvalue weighted by molar-refractivity contribution is -0.122. The van der Waals surface area contributed by atoms with E-state index in [1.807, 2.05) is 0 Å². The van der Waals surface area contributed by atoms with E-state index in [0.717, 1.165) is 12.8 Å². The molecule has 0 radical (unpaired) electrons. The number of hydrogen-bond donors (Lipinski definition) is 2. The molecule has 0 aliphatic heterocycles. The summed E-state index contributed by atoms with van der Waals surface area (Å²) >= 11 is 2.85. The van der Waals surface area contributed by atoms with Crippen molar-refractivity contribution in [2.75, 3.05) is 17.8 Å². The Bertz CT molecular complexity index is 300. The van der Waals surface area contributed by atoms with Gasteiger partial charge in [-0.25, -0.2) is 13.1 Å². The molecule has 0 atom stereocenters. The molecule has 7 heteroatoms. The first kappa shape index (κ1) is 11.9. The predicted octanol–water partition coefficient (Wildman–Crippen LogP) is -0.216. The Kier molecular flexibility index (Phi) is 4.33. The van der Waals surface area contributed by atoms with Gasteiger partial charge in [-0.15, -0.1) is 0 Å². The van der Waals surface area contributed by atoms with Crippen molar-refractivity contribution in [1.82, 2.24) is 10.0 Å². The van der Waals surface area contributed by atoms with Crippen LogP contribution in [0.25, 0.3) is 0 Å². The zero-order valence-electron chi connectivity index (χ0n) is 7.62. The Morgan fingerprint density at radius 3 is 2.50 bits per heavy atom. The lowest BCUT2D eigenvalue weighted by Crippen LogP contribution is -2.35. The van der Waals surface area contributed by atoms with Crippen LogP contribution in [0.1, 0.15) is 12.8 Å². The highest BCUT2D eigenvalue weighted by atomic mass is 79.9. The summed E-state index contributed by atoms with van der Waals surface area (Å²) in [6, 6.07) is 0. The second kappa shape index (κ2) is 5.09. The number of rotatable bonds is 6. The third kappa shape index (κ3) is 4.39. The largest absolute Gasteiger partial charge is 0.355 e. The molecule has 0 bridgehead atoms. The summed E-state index contributed by atoms with van der Waals surface area (Å²) in [5.41, 5.74) is 0. The highest BCUT2D eigenvalue weighted by Crippen LogP contribution is 2.28. The lowest BCUT2D eigenvalue weighted by Gasteiger charge is -2.05. The van der Waals surface area contributed by atoms with E-state index < -0.39 is 10.0 Å². The first-order valence-electron chi connectivity index (χ1n) is 4.36. The smallest absolute Gasteiger partial charge is 0.223 e. The second-order valence-electron chi connectivity index (χ2n) is 3.18. The summed E-state index contributed by atoms with van der Waals surface area (Å²) in [5.74, 6) is 0.200. The Balaban J connectivity index is 2.07. The fourth-order valence-electron chi connectivity index (χ4n) is 0.921. The van der Waals surface area contributed by atoms with Gasteiger partial charge in [-0.3, -0.25) is 4.79 Å². The molecule has 0 aromatic heterocycles. The number of amides is 1. The van der Waals surface area contributed by atoms with Crippen molar-refractivity contribution >= 4 is 31.9 Å². The van der Waals surface area contributed by atoms with Gasteiger partial charge in [0.25, 0.3) is 0 Å². The maximum absolute atomic E-state index is 11.1. The number of halogens is 1. The summed E-state index contributed by atoms with van der Waals surface area (Å²) in [5, 5.41) is 2.66. The summed E-state index contributed by atoms with van der Waals surface area (Å²) < 4.78 is 24.1. The summed E-state index contributed by atoms with van der Waals surface area (Å²) in [4.78, 5) is 11.1.